The maximum atomic E-state index is 11.6. The van der Waals surface area contributed by atoms with Crippen molar-refractivity contribution in [2.45, 2.75) is 46.0 Å². The minimum Gasteiger partial charge on any atom is -0.465 e. The van der Waals surface area contributed by atoms with Gasteiger partial charge in [-0.1, -0.05) is 13.8 Å². The van der Waals surface area contributed by atoms with E-state index in [-0.39, 0.29) is 18.5 Å². The molecule has 1 N–H and O–H groups in total. The Hall–Kier alpha value is -0.570. The minimum absolute atomic E-state index is 0.0167. The molecule has 1 aliphatic rings. The quantitative estimate of drug-likeness (QED) is 0.735. The summed E-state index contributed by atoms with van der Waals surface area (Å²) in [6.07, 6.45) is 4.85. The summed E-state index contributed by atoms with van der Waals surface area (Å²) in [4.78, 5) is 11.6. The molecule has 0 amide bonds. The van der Waals surface area contributed by atoms with E-state index in [2.05, 4.69) is 6.92 Å². The average Bonchev–Trinajstić information content (AvgIpc) is 2.35. The van der Waals surface area contributed by atoms with Gasteiger partial charge >= 0.3 is 5.97 Å². The fourth-order valence-corrected chi connectivity index (χ4v) is 2.39. The molecule has 1 atom stereocenters. The van der Waals surface area contributed by atoms with Gasteiger partial charge in [0.1, 0.15) is 0 Å². The van der Waals surface area contributed by atoms with Gasteiger partial charge in [0.25, 0.3) is 0 Å². The molecule has 1 rings (SSSR count). The Labute approximate surface area is 98.2 Å². The van der Waals surface area contributed by atoms with E-state index >= 15 is 0 Å². The zero-order chi connectivity index (χ0) is 12.0. The van der Waals surface area contributed by atoms with Crippen molar-refractivity contribution < 1.29 is 14.6 Å². The SMILES string of the molecule is CCCOC(=O)[C@H]1CC[C@@H](C(C)CO)CC1. The van der Waals surface area contributed by atoms with Crippen molar-refractivity contribution in [3.8, 4) is 0 Å². The van der Waals surface area contributed by atoms with Crippen LogP contribution < -0.4 is 0 Å². The molecule has 0 aliphatic heterocycles. The van der Waals surface area contributed by atoms with Crippen LogP contribution in [0.5, 0.6) is 0 Å². The molecule has 1 aliphatic carbocycles. The number of hydrogen-bond acceptors (Lipinski definition) is 3. The van der Waals surface area contributed by atoms with Gasteiger partial charge in [-0.3, -0.25) is 4.79 Å². The van der Waals surface area contributed by atoms with Gasteiger partial charge in [-0.05, 0) is 43.9 Å². The van der Waals surface area contributed by atoms with E-state index in [9.17, 15) is 4.79 Å². The van der Waals surface area contributed by atoms with Crippen LogP contribution in [0, 0.1) is 17.8 Å². The first kappa shape index (κ1) is 13.5. The van der Waals surface area contributed by atoms with Crippen molar-refractivity contribution in [2.75, 3.05) is 13.2 Å². The monoisotopic (exact) mass is 228 g/mol. The summed E-state index contributed by atoms with van der Waals surface area (Å²) >= 11 is 0. The fourth-order valence-electron chi connectivity index (χ4n) is 2.39. The first-order chi connectivity index (χ1) is 7.69. The van der Waals surface area contributed by atoms with Crippen molar-refractivity contribution in [3.63, 3.8) is 0 Å². The van der Waals surface area contributed by atoms with E-state index in [1.807, 2.05) is 6.92 Å². The number of ether oxygens (including phenoxy) is 1. The van der Waals surface area contributed by atoms with Gasteiger partial charge in [0.15, 0.2) is 0 Å². The number of aliphatic hydroxyl groups is 1. The minimum atomic E-state index is -0.0167. The lowest BCUT2D eigenvalue weighted by Crippen LogP contribution is -2.27. The molecule has 0 heterocycles. The predicted octanol–water partition coefficient (Wildman–Crippen LogP) is 2.37. The summed E-state index contributed by atoms with van der Waals surface area (Å²) in [6.45, 7) is 4.90. The summed E-state index contributed by atoms with van der Waals surface area (Å²) in [6, 6.07) is 0. The lowest BCUT2D eigenvalue weighted by molar-refractivity contribution is -0.150. The molecule has 0 aromatic carbocycles. The Kier molecular flexibility index (Phi) is 5.81. The van der Waals surface area contributed by atoms with E-state index in [0.29, 0.717) is 18.4 Å². The first-order valence-electron chi connectivity index (χ1n) is 6.46. The van der Waals surface area contributed by atoms with E-state index < -0.39 is 0 Å². The highest BCUT2D eigenvalue weighted by molar-refractivity contribution is 5.72. The van der Waals surface area contributed by atoms with Gasteiger partial charge in [-0.25, -0.2) is 0 Å². The maximum absolute atomic E-state index is 11.6. The van der Waals surface area contributed by atoms with Crippen LogP contribution in [0.2, 0.25) is 0 Å². The zero-order valence-electron chi connectivity index (χ0n) is 10.4. The summed E-state index contributed by atoms with van der Waals surface area (Å²) in [5.41, 5.74) is 0. The van der Waals surface area contributed by atoms with Gasteiger partial charge in [0.05, 0.1) is 12.5 Å². The Balaban J connectivity index is 2.28. The standard InChI is InChI=1S/C13H24O3/c1-3-8-16-13(15)12-6-4-11(5-7-12)10(2)9-14/h10-12,14H,3-9H2,1-2H3/t10?,11-,12+. The van der Waals surface area contributed by atoms with Crippen LogP contribution in [0.1, 0.15) is 46.0 Å². The van der Waals surface area contributed by atoms with E-state index in [4.69, 9.17) is 9.84 Å². The Morgan fingerprint density at radius 2 is 2.00 bits per heavy atom. The van der Waals surface area contributed by atoms with Crippen molar-refractivity contribution in [1.82, 2.24) is 0 Å². The lowest BCUT2D eigenvalue weighted by atomic mass is 9.76. The molecule has 94 valence electrons. The molecule has 0 bridgehead atoms. The molecule has 0 aromatic heterocycles. The highest BCUT2D eigenvalue weighted by Crippen LogP contribution is 2.33. The van der Waals surface area contributed by atoms with Crippen LogP contribution in [0.15, 0.2) is 0 Å². The van der Waals surface area contributed by atoms with E-state index in [1.165, 1.54) is 0 Å². The molecule has 0 radical (unpaired) electrons. The van der Waals surface area contributed by atoms with E-state index in [0.717, 1.165) is 32.1 Å². The zero-order valence-corrected chi connectivity index (χ0v) is 10.4. The molecule has 16 heavy (non-hydrogen) atoms. The Bertz CT molecular complexity index is 207. The van der Waals surface area contributed by atoms with Crippen LogP contribution >= 0.6 is 0 Å². The first-order valence-corrected chi connectivity index (χ1v) is 6.46. The second kappa shape index (κ2) is 6.89. The molecular formula is C13H24O3. The van der Waals surface area contributed by atoms with Crippen molar-refractivity contribution in [2.24, 2.45) is 17.8 Å². The lowest BCUT2D eigenvalue weighted by Gasteiger charge is -2.30. The summed E-state index contributed by atoms with van der Waals surface area (Å²) in [5.74, 6) is 1.04. The van der Waals surface area contributed by atoms with Crippen LogP contribution in [0.25, 0.3) is 0 Å². The number of aliphatic hydroxyl groups excluding tert-OH is 1. The molecule has 1 saturated carbocycles. The van der Waals surface area contributed by atoms with Gasteiger partial charge in [0.2, 0.25) is 0 Å². The van der Waals surface area contributed by atoms with Gasteiger partial charge in [0, 0.05) is 6.61 Å². The van der Waals surface area contributed by atoms with E-state index in [1.54, 1.807) is 0 Å². The molecule has 3 nitrogen and oxygen atoms in total. The highest BCUT2D eigenvalue weighted by atomic mass is 16.5. The number of rotatable bonds is 5. The van der Waals surface area contributed by atoms with Crippen molar-refractivity contribution >= 4 is 5.97 Å². The third-order valence-corrected chi connectivity index (χ3v) is 3.65. The van der Waals surface area contributed by atoms with Gasteiger partial charge in [-0.15, -0.1) is 0 Å². The smallest absolute Gasteiger partial charge is 0.308 e. The molecule has 1 fully saturated rings. The summed E-state index contributed by atoms with van der Waals surface area (Å²) < 4.78 is 5.16. The summed E-state index contributed by atoms with van der Waals surface area (Å²) in [5, 5.41) is 9.09. The Morgan fingerprint density at radius 3 is 2.50 bits per heavy atom. The fraction of sp³-hybridized carbons (Fsp3) is 0.923. The molecular weight excluding hydrogens is 204 g/mol. The van der Waals surface area contributed by atoms with Crippen LogP contribution in [-0.2, 0) is 9.53 Å². The topological polar surface area (TPSA) is 46.5 Å². The van der Waals surface area contributed by atoms with Gasteiger partial charge < -0.3 is 9.84 Å². The number of hydrogen-bond donors (Lipinski definition) is 1. The Morgan fingerprint density at radius 1 is 1.38 bits per heavy atom. The maximum Gasteiger partial charge on any atom is 0.308 e. The molecule has 0 spiro atoms. The van der Waals surface area contributed by atoms with Crippen LogP contribution in [-0.4, -0.2) is 24.3 Å². The second-order valence-electron chi connectivity index (χ2n) is 4.94. The number of esters is 1. The van der Waals surface area contributed by atoms with Crippen LogP contribution in [0.3, 0.4) is 0 Å². The molecule has 3 heteroatoms. The van der Waals surface area contributed by atoms with Gasteiger partial charge in [-0.2, -0.15) is 0 Å². The molecule has 1 unspecified atom stereocenters. The predicted molar refractivity (Wildman–Crippen MR) is 62.9 cm³/mol. The van der Waals surface area contributed by atoms with Crippen molar-refractivity contribution in [3.05, 3.63) is 0 Å². The number of carbonyl (C=O) groups is 1. The number of carbonyl (C=O) groups excluding carboxylic acids is 1. The normalized spacial score (nSPS) is 27.4. The highest BCUT2D eigenvalue weighted by Gasteiger charge is 2.29. The third-order valence-electron chi connectivity index (χ3n) is 3.65. The average molecular weight is 228 g/mol. The second-order valence-corrected chi connectivity index (χ2v) is 4.94. The third kappa shape index (κ3) is 3.78. The van der Waals surface area contributed by atoms with Crippen molar-refractivity contribution in [1.29, 1.82) is 0 Å². The molecule has 0 saturated heterocycles. The summed E-state index contributed by atoms with van der Waals surface area (Å²) in [7, 11) is 0. The van der Waals surface area contributed by atoms with Crippen LogP contribution in [0.4, 0.5) is 0 Å². The molecule has 0 aromatic rings. The largest absolute Gasteiger partial charge is 0.465 e.